The summed E-state index contributed by atoms with van der Waals surface area (Å²) in [6, 6.07) is 5.75. The first-order valence-corrected chi connectivity index (χ1v) is 7.08. The SMILES string of the molecule is CCN(CC(=O)N(C)C)c1ccc(C(C)O)c(Br)c1. The maximum absolute atomic E-state index is 11.8. The van der Waals surface area contributed by atoms with Crippen molar-refractivity contribution < 1.29 is 9.90 Å². The van der Waals surface area contributed by atoms with E-state index in [-0.39, 0.29) is 5.91 Å². The molecular weight excluding hydrogens is 308 g/mol. The van der Waals surface area contributed by atoms with Gasteiger partial charge in [-0.1, -0.05) is 22.0 Å². The summed E-state index contributed by atoms with van der Waals surface area (Å²) in [7, 11) is 3.51. The Labute approximate surface area is 123 Å². The Bertz CT molecular complexity index is 447. The molecule has 1 aromatic rings. The van der Waals surface area contributed by atoms with Crippen LogP contribution in [0.3, 0.4) is 0 Å². The summed E-state index contributed by atoms with van der Waals surface area (Å²) in [4.78, 5) is 15.4. The number of likely N-dealkylation sites (N-methyl/N-ethyl adjacent to an activating group) is 2. The van der Waals surface area contributed by atoms with Crippen LogP contribution < -0.4 is 4.90 Å². The molecule has 0 aromatic heterocycles. The summed E-state index contributed by atoms with van der Waals surface area (Å²) < 4.78 is 0.857. The molecule has 0 saturated carbocycles. The molecule has 0 spiro atoms. The van der Waals surface area contributed by atoms with Gasteiger partial charge in [0.25, 0.3) is 0 Å². The molecule has 0 heterocycles. The zero-order chi connectivity index (χ0) is 14.6. The average Bonchev–Trinajstić information content (AvgIpc) is 2.34. The smallest absolute Gasteiger partial charge is 0.241 e. The van der Waals surface area contributed by atoms with Gasteiger partial charge in [-0.15, -0.1) is 0 Å². The molecule has 1 aromatic carbocycles. The van der Waals surface area contributed by atoms with Crippen LogP contribution in [0.2, 0.25) is 0 Å². The number of benzene rings is 1. The zero-order valence-corrected chi connectivity index (χ0v) is 13.4. The first kappa shape index (κ1) is 16.0. The summed E-state index contributed by atoms with van der Waals surface area (Å²) in [5, 5.41) is 9.61. The van der Waals surface area contributed by atoms with E-state index < -0.39 is 6.10 Å². The van der Waals surface area contributed by atoms with Crippen molar-refractivity contribution in [3.63, 3.8) is 0 Å². The zero-order valence-electron chi connectivity index (χ0n) is 11.9. The van der Waals surface area contributed by atoms with Gasteiger partial charge in [-0.3, -0.25) is 4.79 Å². The summed E-state index contributed by atoms with van der Waals surface area (Å²) in [6.07, 6.45) is -0.512. The average molecular weight is 329 g/mol. The predicted octanol–water partition coefficient (Wildman–Crippen LogP) is 2.42. The molecule has 1 rings (SSSR count). The molecule has 0 bridgehead atoms. The number of carbonyl (C=O) groups is 1. The van der Waals surface area contributed by atoms with E-state index >= 15 is 0 Å². The van der Waals surface area contributed by atoms with Gasteiger partial charge in [0.15, 0.2) is 0 Å². The lowest BCUT2D eigenvalue weighted by molar-refractivity contribution is -0.127. The molecule has 0 fully saturated rings. The summed E-state index contributed by atoms with van der Waals surface area (Å²) >= 11 is 3.46. The van der Waals surface area contributed by atoms with Gasteiger partial charge in [0.05, 0.1) is 12.6 Å². The minimum Gasteiger partial charge on any atom is -0.389 e. The van der Waals surface area contributed by atoms with Gasteiger partial charge < -0.3 is 14.9 Å². The van der Waals surface area contributed by atoms with E-state index in [4.69, 9.17) is 0 Å². The minimum absolute atomic E-state index is 0.0672. The maximum Gasteiger partial charge on any atom is 0.241 e. The van der Waals surface area contributed by atoms with Crippen LogP contribution in [0.5, 0.6) is 0 Å². The fourth-order valence-corrected chi connectivity index (χ4v) is 2.44. The molecule has 0 radical (unpaired) electrons. The third kappa shape index (κ3) is 4.21. The highest BCUT2D eigenvalue weighted by atomic mass is 79.9. The Balaban J connectivity index is 2.94. The van der Waals surface area contributed by atoms with Crippen molar-refractivity contribution in [2.24, 2.45) is 0 Å². The van der Waals surface area contributed by atoms with E-state index in [1.54, 1.807) is 25.9 Å². The van der Waals surface area contributed by atoms with Crippen molar-refractivity contribution in [3.05, 3.63) is 28.2 Å². The predicted molar refractivity (Wildman–Crippen MR) is 81.4 cm³/mol. The second-order valence-corrected chi connectivity index (χ2v) is 5.54. The lowest BCUT2D eigenvalue weighted by atomic mass is 10.1. The quantitative estimate of drug-likeness (QED) is 0.902. The fraction of sp³-hybridized carbons (Fsp3) is 0.500. The molecule has 19 heavy (non-hydrogen) atoms. The number of halogens is 1. The first-order valence-electron chi connectivity index (χ1n) is 6.29. The number of amides is 1. The van der Waals surface area contributed by atoms with Crippen molar-refractivity contribution in [3.8, 4) is 0 Å². The van der Waals surface area contributed by atoms with Crippen LogP contribution in [0.25, 0.3) is 0 Å². The highest BCUT2D eigenvalue weighted by Crippen LogP contribution is 2.28. The van der Waals surface area contributed by atoms with Gasteiger partial charge in [-0.05, 0) is 31.5 Å². The van der Waals surface area contributed by atoms with E-state index in [1.807, 2.05) is 30.0 Å². The topological polar surface area (TPSA) is 43.8 Å². The highest BCUT2D eigenvalue weighted by Gasteiger charge is 2.13. The summed E-state index contributed by atoms with van der Waals surface area (Å²) in [5.41, 5.74) is 1.81. The number of hydrogen-bond donors (Lipinski definition) is 1. The second kappa shape index (κ2) is 6.91. The van der Waals surface area contributed by atoms with Crippen LogP contribution in [0.4, 0.5) is 5.69 Å². The molecule has 4 nitrogen and oxygen atoms in total. The molecule has 0 aliphatic rings. The number of aliphatic hydroxyl groups excluding tert-OH is 1. The van der Waals surface area contributed by atoms with Crippen LogP contribution in [-0.2, 0) is 4.79 Å². The first-order chi connectivity index (χ1) is 8.86. The Kier molecular flexibility index (Phi) is 5.82. The Morgan fingerprint density at radius 2 is 2.05 bits per heavy atom. The number of nitrogens with zero attached hydrogens (tertiary/aromatic N) is 2. The van der Waals surface area contributed by atoms with Crippen molar-refractivity contribution in [2.75, 3.05) is 32.1 Å². The van der Waals surface area contributed by atoms with Crippen LogP contribution in [0.15, 0.2) is 22.7 Å². The minimum atomic E-state index is -0.512. The molecule has 0 aliphatic carbocycles. The van der Waals surface area contributed by atoms with E-state index in [0.717, 1.165) is 22.3 Å². The van der Waals surface area contributed by atoms with E-state index in [1.165, 1.54) is 0 Å². The normalized spacial score (nSPS) is 12.1. The van der Waals surface area contributed by atoms with Gasteiger partial charge in [-0.2, -0.15) is 0 Å². The van der Waals surface area contributed by atoms with E-state index in [0.29, 0.717) is 6.54 Å². The number of hydrogen-bond acceptors (Lipinski definition) is 3. The number of rotatable bonds is 5. The number of carbonyl (C=O) groups excluding carboxylic acids is 1. The summed E-state index contributed by atoms with van der Waals surface area (Å²) in [6.45, 7) is 4.84. The van der Waals surface area contributed by atoms with Crippen LogP contribution in [0, 0.1) is 0 Å². The van der Waals surface area contributed by atoms with Crippen LogP contribution >= 0.6 is 15.9 Å². The van der Waals surface area contributed by atoms with Gasteiger partial charge in [0.2, 0.25) is 5.91 Å². The molecule has 1 atom stereocenters. The third-order valence-corrected chi connectivity index (χ3v) is 3.69. The molecule has 1 amide bonds. The van der Waals surface area contributed by atoms with Crippen molar-refractivity contribution in [1.29, 1.82) is 0 Å². The molecule has 1 unspecified atom stereocenters. The molecular formula is C14H21BrN2O2. The molecule has 0 aliphatic heterocycles. The third-order valence-electron chi connectivity index (χ3n) is 3.01. The van der Waals surface area contributed by atoms with Crippen LogP contribution in [0.1, 0.15) is 25.5 Å². The van der Waals surface area contributed by atoms with Crippen molar-refractivity contribution in [1.82, 2.24) is 4.90 Å². The van der Waals surface area contributed by atoms with E-state index in [9.17, 15) is 9.90 Å². The lowest BCUT2D eigenvalue weighted by Crippen LogP contribution is -2.36. The second-order valence-electron chi connectivity index (χ2n) is 4.68. The standard InChI is InChI=1S/C14H21BrN2O2/c1-5-17(9-14(19)16(3)4)11-6-7-12(10(2)18)13(15)8-11/h6-8,10,18H,5,9H2,1-4H3. The molecule has 106 valence electrons. The number of aliphatic hydroxyl groups is 1. The Hall–Kier alpha value is -1.07. The van der Waals surface area contributed by atoms with Crippen molar-refractivity contribution >= 4 is 27.5 Å². The Morgan fingerprint density at radius 1 is 1.42 bits per heavy atom. The van der Waals surface area contributed by atoms with Gasteiger partial charge in [0.1, 0.15) is 0 Å². The van der Waals surface area contributed by atoms with Gasteiger partial charge >= 0.3 is 0 Å². The molecule has 0 saturated heterocycles. The largest absolute Gasteiger partial charge is 0.389 e. The lowest BCUT2D eigenvalue weighted by Gasteiger charge is -2.25. The van der Waals surface area contributed by atoms with Gasteiger partial charge in [-0.25, -0.2) is 0 Å². The fourth-order valence-electron chi connectivity index (χ4n) is 1.74. The monoisotopic (exact) mass is 328 g/mol. The van der Waals surface area contributed by atoms with Crippen molar-refractivity contribution in [2.45, 2.75) is 20.0 Å². The summed E-state index contributed by atoms with van der Waals surface area (Å²) in [5.74, 6) is 0.0672. The molecule has 5 heteroatoms. The number of anilines is 1. The maximum atomic E-state index is 11.8. The Morgan fingerprint density at radius 3 is 2.47 bits per heavy atom. The van der Waals surface area contributed by atoms with Gasteiger partial charge in [0, 0.05) is 30.8 Å². The van der Waals surface area contributed by atoms with E-state index in [2.05, 4.69) is 15.9 Å². The highest BCUT2D eigenvalue weighted by molar-refractivity contribution is 9.10. The molecule has 1 N–H and O–H groups in total. The van der Waals surface area contributed by atoms with Crippen LogP contribution in [-0.4, -0.2) is 43.1 Å².